The first-order chi connectivity index (χ1) is 15.7. The van der Waals surface area contributed by atoms with Crippen molar-refractivity contribution in [2.45, 2.75) is 39.5 Å². The Labute approximate surface area is 195 Å². The molecular formula is C28H30N2O3. The SMILES string of the molecule is Cc1ccc(N2C[C@H](C(=O)Nc3ccc(Oc4ccc(C(C)(C)C)cc4)cc3)CC2=O)cc1. The largest absolute Gasteiger partial charge is 0.457 e. The predicted molar refractivity (Wildman–Crippen MR) is 132 cm³/mol. The highest BCUT2D eigenvalue weighted by atomic mass is 16.5. The number of carbonyl (C=O) groups is 2. The quantitative estimate of drug-likeness (QED) is 0.521. The van der Waals surface area contributed by atoms with Gasteiger partial charge in [0.15, 0.2) is 0 Å². The first-order valence-electron chi connectivity index (χ1n) is 11.3. The van der Waals surface area contributed by atoms with Crippen molar-refractivity contribution in [3.05, 3.63) is 83.9 Å². The Morgan fingerprint density at radius 3 is 2.06 bits per heavy atom. The number of nitrogens with one attached hydrogen (secondary N) is 1. The van der Waals surface area contributed by atoms with Gasteiger partial charge < -0.3 is 15.0 Å². The van der Waals surface area contributed by atoms with Gasteiger partial charge in [0, 0.05) is 24.3 Å². The van der Waals surface area contributed by atoms with Crippen LogP contribution in [-0.2, 0) is 15.0 Å². The molecule has 3 aromatic carbocycles. The van der Waals surface area contributed by atoms with Crippen molar-refractivity contribution in [1.82, 2.24) is 0 Å². The molecule has 1 saturated heterocycles. The van der Waals surface area contributed by atoms with Crippen LogP contribution in [0.1, 0.15) is 38.3 Å². The van der Waals surface area contributed by atoms with Crippen LogP contribution in [0.3, 0.4) is 0 Å². The molecule has 33 heavy (non-hydrogen) atoms. The van der Waals surface area contributed by atoms with E-state index < -0.39 is 0 Å². The molecule has 1 heterocycles. The van der Waals surface area contributed by atoms with E-state index in [9.17, 15) is 9.59 Å². The van der Waals surface area contributed by atoms with Crippen LogP contribution in [0.25, 0.3) is 0 Å². The van der Waals surface area contributed by atoms with Crippen LogP contribution in [0.15, 0.2) is 72.8 Å². The summed E-state index contributed by atoms with van der Waals surface area (Å²) >= 11 is 0. The summed E-state index contributed by atoms with van der Waals surface area (Å²) < 4.78 is 5.93. The lowest BCUT2D eigenvalue weighted by atomic mass is 9.87. The van der Waals surface area contributed by atoms with E-state index in [1.165, 1.54) is 5.56 Å². The van der Waals surface area contributed by atoms with Crippen molar-refractivity contribution in [2.24, 2.45) is 5.92 Å². The second-order valence-electron chi connectivity index (χ2n) is 9.63. The standard InChI is InChI=1S/C28H30N2O3/c1-19-5-11-23(12-6-19)30-18-20(17-26(30)31)27(32)29-22-9-15-25(16-10-22)33-24-13-7-21(8-14-24)28(2,3)4/h5-16,20H,17-18H2,1-4H3,(H,29,32)/t20-/m1/s1. The molecule has 0 aromatic heterocycles. The third-order valence-corrected chi connectivity index (χ3v) is 5.92. The molecule has 5 nitrogen and oxygen atoms in total. The number of hydrogen-bond acceptors (Lipinski definition) is 3. The maximum atomic E-state index is 12.8. The van der Waals surface area contributed by atoms with Gasteiger partial charge in [-0.3, -0.25) is 9.59 Å². The van der Waals surface area contributed by atoms with Crippen molar-refractivity contribution in [1.29, 1.82) is 0 Å². The van der Waals surface area contributed by atoms with E-state index in [0.29, 0.717) is 18.0 Å². The molecule has 0 radical (unpaired) electrons. The second kappa shape index (κ2) is 9.10. The summed E-state index contributed by atoms with van der Waals surface area (Å²) in [4.78, 5) is 26.9. The molecular weight excluding hydrogens is 412 g/mol. The summed E-state index contributed by atoms with van der Waals surface area (Å²) in [6.45, 7) is 8.93. The van der Waals surface area contributed by atoms with Crippen molar-refractivity contribution < 1.29 is 14.3 Å². The third-order valence-electron chi connectivity index (χ3n) is 5.92. The monoisotopic (exact) mass is 442 g/mol. The number of ether oxygens (including phenoxy) is 1. The minimum atomic E-state index is -0.379. The molecule has 5 heteroatoms. The minimum Gasteiger partial charge on any atom is -0.457 e. The second-order valence-corrected chi connectivity index (χ2v) is 9.63. The van der Waals surface area contributed by atoms with Crippen LogP contribution in [-0.4, -0.2) is 18.4 Å². The molecule has 0 bridgehead atoms. The van der Waals surface area contributed by atoms with Crippen LogP contribution in [0.5, 0.6) is 11.5 Å². The normalized spacial score (nSPS) is 16.1. The first-order valence-corrected chi connectivity index (χ1v) is 11.3. The summed E-state index contributed by atoms with van der Waals surface area (Å²) in [5.74, 6) is 0.902. The number of hydrogen-bond donors (Lipinski definition) is 1. The van der Waals surface area contributed by atoms with E-state index in [1.54, 1.807) is 4.90 Å². The molecule has 0 spiro atoms. The zero-order valence-electron chi connectivity index (χ0n) is 19.6. The Morgan fingerprint density at radius 2 is 1.48 bits per heavy atom. The van der Waals surface area contributed by atoms with Crippen LogP contribution in [0.2, 0.25) is 0 Å². The molecule has 1 fully saturated rings. The van der Waals surface area contributed by atoms with E-state index >= 15 is 0 Å². The molecule has 1 atom stereocenters. The number of aryl methyl sites for hydroxylation is 1. The van der Waals surface area contributed by atoms with Gasteiger partial charge >= 0.3 is 0 Å². The van der Waals surface area contributed by atoms with E-state index in [-0.39, 0.29) is 29.6 Å². The Kier molecular flexibility index (Phi) is 6.23. The number of benzene rings is 3. The molecule has 0 unspecified atom stereocenters. The number of anilines is 2. The Bertz CT molecular complexity index is 1130. The zero-order valence-corrected chi connectivity index (χ0v) is 19.6. The van der Waals surface area contributed by atoms with E-state index in [0.717, 1.165) is 17.0 Å². The van der Waals surface area contributed by atoms with Crippen LogP contribution in [0.4, 0.5) is 11.4 Å². The van der Waals surface area contributed by atoms with Crippen molar-refractivity contribution in [3.63, 3.8) is 0 Å². The van der Waals surface area contributed by atoms with Crippen LogP contribution >= 0.6 is 0 Å². The molecule has 2 amide bonds. The Hall–Kier alpha value is -3.60. The summed E-state index contributed by atoms with van der Waals surface area (Å²) in [6, 6.07) is 23.1. The van der Waals surface area contributed by atoms with Gasteiger partial charge in [0.2, 0.25) is 11.8 Å². The summed E-state index contributed by atoms with van der Waals surface area (Å²) in [7, 11) is 0. The smallest absolute Gasteiger partial charge is 0.229 e. The average molecular weight is 443 g/mol. The molecule has 170 valence electrons. The third kappa shape index (κ3) is 5.43. The average Bonchev–Trinajstić information content (AvgIpc) is 3.17. The van der Waals surface area contributed by atoms with Gasteiger partial charge in [-0.2, -0.15) is 0 Å². The van der Waals surface area contributed by atoms with Gasteiger partial charge in [0.1, 0.15) is 11.5 Å². The number of amides is 2. The molecule has 0 aliphatic carbocycles. The maximum Gasteiger partial charge on any atom is 0.229 e. The molecule has 1 aliphatic heterocycles. The van der Waals surface area contributed by atoms with Gasteiger partial charge in [0.25, 0.3) is 0 Å². The fourth-order valence-electron chi connectivity index (χ4n) is 3.87. The fourth-order valence-corrected chi connectivity index (χ4v) is 3.87. The number of carbonyl (C=O) groups excluding carboxylic acids is 2. The lowest BCUT2D eigenvalue weighted by Gasteiger charge is -2.19. The molecule has 1 aliphatic rings. The molecule has 3 aromatic rings. The van der Waals surface area contributed by atoms with Gasteiger partial charge in [-0.05, 0) is 66.4 Å². The van der Waals surface area contributed by atoms with Gasteiger partial charge in [-0.15, -0.1) is 0 Å². The molecule has 1 N–H and O–H groups in total. The van der Waals surface area contributed by atoms with Gasteiger partial charge in [0.05, 0.1) is 5.92 Å². The predicted octanol–water partition coefficient (Wildman–Crippen LogP) is 6.08. The summed E-state index contributed by atoms with van der Waals surface area (Å²) in [6.07, 6.45) is 0.214. The van der Waals surface area contributed by atoms with Crippen molar-refractivity contribution >= 4 is 23.2 Å². The summed E-state index contributed by atoms with van der Waals surface area (Å²) in [5.41, 5.74) is 3.99. The molecule has 4 rings (SSSR count). The van der Waals surface area contributed by atoms with Crippen LogP contribution in [0, 0.1) is 12.8 Å². The highest BCUT2D eigenvalue weighted by Crippen LogP contribution is 2.29. The van der Waals surface area contributed by atoms with Gasteiger partial charge in [-0.1, -0.05) is 50.6 Å². The minimum absolute atomic E-state index is 0.0276. The lowest BCUT2D eigenvalue weighted by Crippen LogP contribution is -2.28. The van der Waals surface area contributed by atoms with Crippen molar-refractivity contribution in [3.8, 4) is 11.5 Å². The molecule has 0 saturated carbocycles. The highest BCUT2D eigenvalue weighted by Gasteiger charge is 2.35. The first kappa shape index (κ1) is 22.6. The lowest BCUT2D eigenvalue weighted by molar-refractivity contribution is -0.122. The van der Waals surface area contributed by atoms with E-state index in [2.05, 4.69) is 38.2 Å². The maximum absolute atomic E-state index is 12.8. The zero-order chi connectivity index (χ0) is 23.6. The Morgan fingerprint density at radius 1 is 0.909 bits per heavy atom. The topological polar surface area (TPSA) is 58.6 Å². The number of rotatable bonds is 5. The van der Waals surface area contributed by atoms with Crippen LogP contribution < -0.4 is 15.0 Å². The highest BCUT2D eigenvalue weighted by molar-refractivity contribution is 6.03. The Balaban J connectivity index is 1.34. The number of nitrogens with zero attached hydrogens (tertiary/aromatic N) is 1. The fraction of sp³-hybridized carbons (Fsp3) is 0.286. The summed E-state index contributed by atoms with van der Waals surface area (Å²) in [5, 5.41) is 2.93. The van der Waals surface area contributed by atoms with Crippen molar-refractivity contribution in [2.75, 3.05) is 16.8 Å². The van der Waals surface area contributed by atoms with Gasteiger partial charge in [-0.25, -0.2) is 0 Å². The van der Waals surface area contributed by atoms with E-state index in [1.807, 2.05) is 67.6 Å². The van der Waals surface area contributed by atoms with E-state index in [4.69, 9.17) is 4.74 Å².